The van der Waals surface area contributed by atoms with Gasteiger partial charge in [0.05, 0.1) is 5.69 Å². The zero-order chi connectivity index (χ0) is 9.68. The summed E-state index contributed by atoms with van der Waals surface area (Å²) in [7, 11) is 0. The Balaban J connectivity index is 2.73. The highest BCUT2D eigenvalue weighted by Gasteiger charge is 2.04. The van der Waals surface area contributed by atoms with Crippen LogP contribution in [0.25, 0.3) is 0 Å². The van der Waals surface area contributed by atoms with Gasteiger partial charge in [0.15, 0.2) is 6.01 Å². The maximum absolute atomic E-state index is 12.1. The molecule has 0 atom stereocenters. The summed E-state index contributed by atoms with van der Waals surface area (Å²) in [6.45, 7) is 2.04. The number of hydrogen-bond acceptors (Lipinski definition) is 3. The molecule has 0 aliphatic heterocycles. The Morgan fingerprint density at radius 1 is 1.31 bits per heavy atom. The fourth-order valence-electron chi connectivity index (χ4n) is 0.943. The summed E-state index contributed by atoms with van der Waals surface area (Å²) >= 11 is 2.67. The highest BCUT2D eigenvalue weighted by Crippen LogP contribution is 2.28. The molecule has 0 aliphatic rings. The lowest BCUT2D eigenvalue weighted by Gasteiger charge is -2.17. The summed E-state index contributed by atoms with van der Waals surface area (Å²) < 4.78 is 14.0. The van der Waals surface area contributed by atoms with Gasteiger partial charge in [0.1, 0.15) is 0 Å². The molecule has 0 aromatic heterocycles. The van der Waals surface area contributed by atoms with Gasteiger partial charge in [-0.05, 0) is 43.0 Å². The summed E-state index contributed by atoms with van der Waals surface area (Å²) in [5, 5.41) is 0. The first-order chi connectivity index (χ1) is 6.27. The normalized spacial score (nSPS) is 10.1. The molecule has 0 saturated heterocycles. The van der Waals surface area contributed by atoms with E-state index >= 15 is 0 Å². The summed E-state index contributed by atoms with van der Waals surface area (Å²) in [6.07, 6.45) is 1.93. The van der Waals surface area contributed by atoms with E-state index in [0.717, 1.165) is 17.6 Å². The standard InChI is InChI=1S/C9H12FNS2/c1-8-3-5-9(6-4-8)11(12-2)13-7-10/h3-6H,7H2,1-2H3. The van der Waals surface area contributed by atoms with Crippen molar-refractivity contribution in [3.8, 4) is 0 Å². The summed E-state index contributed by atoms with van der Waals surface area (Å²) in [5.74, 6) is 0. The Labute approximate surface area is 87.0 Å². The molecule has 0 spiro atoms. The first kappa shape index (κ1) is 10.7. The van der Waals surface area contributed by atoms with Crippen LogP contribution in [-0.4, -0.2) is 12.3 Å². The van der Waals surface area contributed by atoms with E-state index in [2.05, 4.69) is 0 Å². The number of rotatable bonds is 4. The second-order valence-corrected chi connectivity index (χ2v) is 4.32. The van der Waals surface area contributed by atoms with E-state index in [1.54, 1.807) is 0 Å². The molecule has 0 radical (unpaired) electrons. The lowest BCUT2D eigenvalue weighted by molar-refractivity contribution is 0.606. The zero-order valence-electron chi connectivity index (χ0n) is 7.66. The van der Waals surface area contributed by atoms with Crippen molar-refractivity contribution < 1.29 is 4.39 Å². The molecule has 0 aliphatic carbocycles. The summed E-state index contributed by atoms with van der Waals surface area (Å²) in [5.41, 5.74) is 2.25. The highest BCUT2D eigenvalue weighted by molar-refractivity contribution is 8.17. The lowest BCUT2D eigenvalue weighted by atomic mass is 10.2. The predicted octanol–water partition coefficient (Wildman–Crippen LogP) is 3.65. The first-order valence-corrected chi connectivity index (χ1v) is 6.00. The number of anilines is 1. The molecule has 1 rings (SSSR count). The number of alkyl halides is 1. The Kier molecular flexibility index (Phi) is 4.45. The molecule has 0 saturated carbocycles. The average Bonchev–Trinajstić information content (AvgIpc) is 2.16. The summed E-state index contributed by atoms with van der Waals surface area (Å²) in [6, 6.07) is 7.65. The Morgan fingerprint density at radius 3 is 2.38 bits per heavy atom. The van der Waals surface area contributed by atoms with Gasteiger partial charge < -0.3 is 0 Å². The third-order valence-corrected chi connectivity index (χ3v) is 3.43. The minimum absolute atomic E-state index is 0.394. The van der Waals surface area contributed by atoms with Gasteiger partial charge in [0.25, 0.3) is 0 Å². The third-order valence-electron chi connectivity index (χ3n) is 1.58. The van der Waals surface area contributed by atoms with E-state index < -0.39 is 6.01 Å². The molecule has 13 heavy (non-hydrogen) atoms. The van der Waals surface area contributed by atoms with Crippen molar-refractivity contribution >= 4 is 29.6 Å². The number of hydrogen-bond donors (Lipinski definition) is 0. The van der Waals surface area contributed by atoms with Crippen LogP contribution in [0.4, 0.5) is 10.1 Å². The Bertz CT molecular complexity index is 250. The minimum atomic E-state index is -0.394. The molecule has 0 heterocycles. The molecule has 1 aromatic rings. The zero-order valence-corrected chi connectivity index (χ0v) is 9.29. The molecule has 0 amide bonds. The van der Waals surface area contributed by atoms with E-state index in [4.69, 9.17) is 0 Å². The topological polar surface area (TPSA) is 3.24 Å². The molecule has 0 unspecified atom stereocenters. The van der Waals surface area contributed by atoms with Crippen molar-refractivity contribution in [3.05, 3.63) is 29.8 Å². The van der Waals surface area contributed by atoms with Gasteiger partial charge in [-0.1, -0.05) is 17.7 Å². The fraction of sp³-hybridized carbons (Fsp3) is 0.333. The van der Waals surface area contributed by atoms with Crippen LogP contribution in [0, 0.1) is 6.92 Å². The largest absolute Gasteiger partial charge is 0.256 e. The van der Waals surface area contributed by atoms with Crippen molar-refractivity contribution in [2.75, 3.05) is 16.0 Å². The van der Waals surface area contributed by atoms with Crippen molar-refractivity contribution in [2.24, 2.45) is 0 Å². The van der Waals surface area contributed by atoms with Gasteiger partial charge in [-0.3, -0.25) is 3.71 Å². The van der Waals surface area contributed by atoms with Crippen LogP contribution in [0.2, 0.25) is 0 Å². The predicted molar refractivity (Wildman–Crippen MR) is 60.7 cm³/mol. The Morgan fingerprint density at radius 2 is 1.92 bits per heavy atom. The smallest absolute Gasteiger partial charge is 0.155 e. The molecule has 1 aromatic carbocycles. The van der Waals surface area contributed by atoms with Crippen LogP contribution in [0.15, 0.2) is 24.3 Å². The SMILES string of the molecule is CSN(SCF)c1ccc(C)cc1. The maximum atomic E-state index is 12.1. The van der Waals surface area contributed by atoms with E-state index in [9.17, 15) is 4.39 Å². The van der Waals surface area contributed by atoms with Gasteiger partial charge >= 0.3 is 0 Å². The van der Waals surface area contributed by atoms with Crippen LogP contribution in [0.1, 0.15) is 5.56 Å². The number of nitrogens with zero attached hydrogens (tertiary/aromatic N) is 1. The molecule has 0 bridgehead atoms. The van der Waals surface area contributed by atoms with E-state index in [0.29, 0.717) is 0 Å². The molecule has 1 nitrogen and oxygen atoms in total. The minimum Gasteiger partial charge on any atom is -0.256 e. The quantitative estimate of drug-likeness (QED) is 0.709. The van der Waals surface area contributed by atoms with Gasteiger partial charge in [-0.2, -0.15) is 0 Å². The maximum Gasteiger partial charge on any atom is 0.155 e. The molecular weight excluding hydrogens is 205 g/mol. The van der Waals surface area contributed by atoms with E-state index in [1.807, 2.05) is 41.2 Å². The summed E-state index contributed by atoms with van der Waals surface area (Å²) in [4.78, 5) is 0. The number of aryl methyl sites for hydroxylation is 1. The van der Waals surface area contributed by atoms with Crippen LogP contribution in [0.3, 0.4) is 0 Å². The average molecular weight is 217 g/mol. The van der Waals surface area contributed by atoms with Crippen LogP contribution in [-0.2, 0) is 0 Å². The molecular formula is C9H12FNS2. The van der Waals surface area contributed by atoms with Crippen LogP contribution < -0.4 is 3.71 Å². The van der Waals surface area contributed by atoms with Gasteiger partial charge in [-0.15, -0.1) is 0 Å². The highest BCUT2D eigenvalue weighted by atomic mass is 32.2. The third kappa shape index (κ3) is 3.12. The van der Waals surface area contributed by atoms with Gasteiger partial charge in [-0.25, -0.2) is 4.39 Å². The molecule has 72 valence electrons. The number of benzene rings is 1. The molecule has 0 N–H and O–H groups in total. The number of halogens is 1. The van der Waals surface area contributed by atoms with Crippen molar-refractivity contribution in [1.29, 1.82) is 0 Å². The lowest BCUT2D eigenvalue weighted by Crippen LogP contribution is -2.02. The molecule has 4 heteroatoms. The van der Waals surface area contributed by atoms with Gasteiger partial charge in [0, 0.05) is 6.26 Å². The van der Waals surface area contributed by atoms with E-state index in [1.165, 1.54) is 17.5 Å². The Hall–Kier alpha value is -0.350. The first-order valence-electron chi connectivity index (χ1n) is 3.87. The van der Waals surface area contributed by atoms with Crippen LogP contribution in [0.5, 0.6) is 0 Å². The fourth-order valence-corrected chi connectivity index (χ4v) is 2.18. The van der Waals surface area contributed by atoms with Crippen molar-refractivity contribution in [2.45, 2.75) is 6.92 Å². The second kappa shape index (κ2) is 5.40. The van der Waals surface area contributed by atoms with Crippen LogP contribution >= 0.6 is 23.9 Å². The second-order valence-electron chi connectivity index (χ2n) is 2.51. The van der Waals surface area contributed by atoms with Gasteiger partial charge in [0.2, 0.25) is 0 Å². The molecule has 0 fully saturated rings. The van der Waals surface area contributed by atoms with E-state index in [-0.39, 0.29) is 0 Å². The van der Waals surface area contributed by atoms with Crippen molar-refractivity contribution in [3.63, 3.8) is 0 Å². The van der Waals surface area contributed by atoms with Crippen molar-refractivity contribution in [1.82, 2.24) is 0 Å². The monoisotopic (exact) mass is 217 g/mol.